The smallest absolute Gasteiger partial charge is 0.251 e. The molecule has 2 amide bonds. The van der Waals surface area contributed by atoms with Gasteiger partial charge < -0.3 is 10.6 Å². The number of unbranched alkanes of at least 4 members (excludes halogenated alkanes) is 3. The third-order valence-electron chi connectivity index (χ3n) is 3.00. The lowest BCUT2D eigenvalue weighted by Gasteiger charge is -2.07. The Morgan fingerprint density at radius 1 is 1.10 bits per heavy atom. The maximum Gasteiger partial charge on any atom is 0.251 e. The highest BCUT2D eigenvalue weighted by atomic mass is 16.2. The third kappa shape index (κ3) is 5.87. The second-order valence-electron chi connectivity index (χ2n) is 4.80. The summed E-state index contributed by atoms with van der Waals surface area (Å²) in [4.78, 5) is 23.5. The fourth-order valence-corrected chi connectivity index (χ4v) is 1.94. The molecule has 0 fully saturated rings. The fourth-order valence-electron chi connectivity index (χ4n) is 1.94. The summed E-state index contributed by atoms with van der Waals surface area (Å²) in [5.74, 6) is -0.110. The highest BCUT2D eigenvalue weighted by molar-refractivity contribution is 5.97. The lowest BCUT2D eigenvalue weighted by atomic mass is 10.1. The molecule has 4 heteroatoms. The minimum absolute atomic E-state index is 0.00847. The van der Waals surface area contributed by atoms with E-state index in [9.17, 15) is 9.59 Å². The molecular formula is C16H24N2O2. The standard InChI is InChI=1S/C16H24N2O2/c1-3-5-6-7-11-15(19)18-14-10-8-9-13(12-14)16(20)17-4-2/h8-10,12H,3-7,11H2,1-2H3,(H,17,20)(H,18,19). The van der Waals surface area contributed by atoms with E-state index in [1.165, 1.54) is 6.42 Å². The number of amides is 2. The first-order chi connectivity index (χ1) is 9.67. The average molecular weight is 276 g/mol. The molecule has 0 saturated heterocycles. The number of hydrogen-bond donors (Lipinski definition) is 2. The first-order valence-corrected chi connectivity index (χ1v) is 7.35. The van der Waals surface area contributed by atoms with Crippen molar-refractivity contribution in [3.8, 4) is 0 Å². The SMILES string of the molecule is CCCCCCC(=O)Nc1cccc(C(=O)NCC)c1. The molecule has 0 atom stereocenters. The maximum absolute atomic E-state index is 11.8. The summed E-state index contributed by atoms with van der Waals surface area (Å²) in [6.07, 6.45) is 4.86. The maximum atomic E-state index is 11.8. The average Bonchev–Trinajstić information content (AvgIpc) is 2.44. The van der Waals surface area contributed by atoms with E-state index in [-0.39, 0.29) is 11.8 Å². The molecule has 0 aliphatic carbocycles. The molecule has 0 radical (unpaired) electrons. The molecule has 2 N–H and O–H groups in total. The summed E-state index contributed by atoms with van der Waals surface area (Å²) >= 11 is 0. The molecule has 0 aromatic heterocycles. The quantitative estimate of drug-likeness (QED) is 0.715. The highest BCUT2D eigenvalue weighted by Crippen LogP contribution is 2.12. The van der Waals surface area contributed by atoms with Crippen molar-refractivity contribution in [2.24, 2.45) is 0 Å². The summed E-state index contributed by atoms with van der Waals surface area (Å²) in [6, 6.07) is 7.01. The Balaban J connectivity index is 2.49. The van der Waals surface area contributed by atoms with Crippen LogP contribution in [-0.2, 0) is 4.79 Å². The van der Waals surface area contributed by atoms with Gasteiger partial charge in [0.2, 0.25) is 5.91 Å². The normalized spacial score (nSPS) is 10.1. The van der Waals surface area contributed by atoms with E-state index in [1.807, 2.05) is 6.92 Å². The Labute approximate surface area is 121 Å². The molecule has 0 aliphatic rings. The van der Waals surface area contributed by atoms with Crippen LogP contribution in [0.25, 0.3) is 0 Å². The Hall–Kier alpha value is -1.84. The lowest BCUT2D eigenvalue weighted by Crippen LogP contribution is -2.22. The molecule has 20 heavy (non-hydrogen) atoms. The second kappa shape index (κ2) is 9.13. The van der Waals surface area contributed by atoms with Gasteiger partial charge in [0.1, 0.15) is 0 Å². The summed E-state index contributed by atoms with van der Waals surface area (Å²) in [7, 11) is 0. The van der Waals surface area contributed by atoms with Crippen LogP contribution in [0.1, 0.15) is 56.3 Å². The minimum Gasteiger partial charge on any atom is -0.352 e. The van der Waals surface area contributed by atoms with Gasteiger partial charge in [0.05, 0.1) is 0 Å². The van der Waals surface area contributed by atoms with Crippen molar-refractivity contribution >= 4 is 17.5 Å². The monoisotopic (exact) mass is 276 g/mol. The predicted molar refractivity (Wildman–Crippen MR) is 81.8 cm³/mol. The van der Waals surface area contributed by atoms with E-state index in [0.29, 0.717) is 24.2 Å². The molecular weight excluding hydrogens is 252 g/mol. The summed E-state index contributed by atoms with van der Waals surface area (Å²) in [5.41, 5.74) is 1.24. The Morgan fingerprint density at radius 2 is 1.90 bits per heavy atom. The van der Waals surface area contributed by atoms with E-state index in [0.717, 1.165) is 19.3 Å². The molecule has 1 rings (SSSR count). The van der Waals surface area contributed by atoms with Crippen LogP contribution in [0.5, 0.6) is 0 Å². The van der Waals surface area contributed by atoms with E-state index < -0.39 is 0 Å². The van der Waals surface area contributed by atoms with E-state index in [2.05, 4.69) is 17.6 Å². The topological polar surface area (TPSA) is 58.2 Å². The van der Waals surface area contributed by atoms with Crippen molar-refractivity contribution in [3.63, 3.8) is 0 Å². The van der Waals surface area contributed by atoms with Crippen LogP contribution >= 0.6 is 0 Å². The number of carbonyl (C=O) groups excluding carboxylic acids is 2. The van der Waals surface area contributed by atoms with E-state index >= 15 is 0 Å². The highest BCUT2D eigenvalue weighted by Gasteiger charge is 2.06. The van der Waals surface area contributed by atoms with E-state index in [1.54, 1.807) is 24.3 Å². The lowest BCUT2D eigenvalue weighted by molar-refractivity contribution is -0.116. The van der Waals surface area contributed by atoms with Gasteiger partial charge in [0.25, 0.3) is 5.91 Å². The van der Waals surface area contributed by atoms with Crippen LogP contribution in [0.15, 0.2) is 24.3 Å². The second-order valence-corrected chi connectivity index (χ2v) is 4.80. The van der Waals surface area contributed by atoms with Crippen LogP contribution in [0.2, 0.25) is 0 Å². The Kier molecular flexibility index (Phi) is 7.40. The van der Waals surface area contributed by atoms with Gasteiger partial charge >= 0.3 is 0 Å². The van der Waals surface area contributed by atoms with Gasteiger partial charge in [-0.3, -0.25) is 9.59 Å². The zero-order valence-electron chi connectivity index (χ0n) is 12.4. The largest absolute Gasteiger partial charge is 0.352 e. The summed E-state index contributed by atoms with van der Waals surface area (Å²) in [6.45, 7) is 4.61. The molecule has 0 saturated carbocycles. The number of benzene rings is 1. The number of hydrogen-bond acceptors (Lipinski definition) is 2. The Bertz CT molecular complexity index is 444. The molecule has 0 heterocycles. The molecule has 0 bridgehead atoms. The van der Waals surface area contributed by atoms with Crippen LogP contribution in [-0.4, -0.2) is 18.4 Å². The molecule has 1 aromatic carbocycles. The van der Waals surface area contributed by atoms with Gasteiger partial charge in [-0.15, -0.1) is 0 Å². The van der Waals surface area contributed by atoms with Crippen LogP contribution in [0.4, 0.5) is 5.69 Å². The molecule has 0 unspecified atom stereocenters. The van der Waals surface area contributed by atoms with Crippen molar-refractivity contribution in [1.82, 2.24) is 5.32 Å². The van der Waals surface area contributed by atoms with Crippen molar-refractivity contribution < 1.29 is 9.59 Å². The van der Waals surface area contributed by atoms with Crippen LogP contribution < -0.4 is 10.6 Å². The Morgan fingerprint density at radius 3 is 2.60 bits per heavy atom. The molecule has 0 spiro atoms. The van der Waals surface area contributed by atoms with Crippen molar-refractivity contribution in [3.05, 3.63) is 29.8 Å². The van der Waals surface area contributed by atoms with Gasteiger partial charge in [0.15, 0.2) is 0 Å². The third-order valence-corrected chi connectivity index (χ3v) is 3.00. The van der Waals surface area contributed by atoms with Crippen molar-refractivity contribution in [2.75, 3.05) is 11.9 Å². The minimum atomic E-state index is -0.119. The van der Waals surface area contributed by atoms with E-state index in [4.69, 9.17) is 0 Å². The molecule has 4 nitrogen and oxygen atoms in total. The fraction of sp³-hybridized carbons (Fsp3) is 0.500. The summed E-state index contributed by atoms with van der Waals surface area (Å²) in [5, 5.41) is 5.58. The predicted octanol–water partition coefficient (Wildman–Crippen LogP) is 3.35. The van der Waals surface area contributed by atoms with Crippen molar-refractivity contribution in [2.45, 2.75) is 46.0 Å². The van der Waals surface area contributed by atoms with Gasteiger partial charge in [-0.1, -0.05) is 32.3 Å². The van der Waals surface area contributed by atoms with Gasteiger partial charge in [0, 0.05) is 24.2 Å². The number of anilines is 1. The van der Waals surface area contributed by atoms with Gasteiger partial charge in [-0.2, -0.15) is 0 Å². The first kappa shape index (κ1) is 16.2. The molecule has 0 aliphatic heterocycles. The first-order valence-electron chi connectivity index (χ1n) is 7.35. The van der Waals surface area contributed by atoms with Crippen LogP contribution in [0, 0.1) is 0 Å². The zero-order valence-corrected chi connectivity index (χ0v) is 12.4. The summed E-state index contributed by atoms with van der Waals surface area (Å²) < 4.78 is 0. The number of rotatable bonds is 8. The van der Waals surface area contributed by atoms with Crippen molar-refractivity contribution in [1.29, 1.82) is 0 Å². The molecule has 110 valence electrons. The number of nitrogens with one attached hydrogen (secondary N) is 2. The van der Waals surface area contributed by atoms with Gasteiger partial charge in [-0.05, 0) is 31.5 Å². The van der Waals surface area contributed by atoms with Gasteiger partial charge in [-0.25, -0.2) is 0 Å². The molecule has 1 aromatic rings. The van der Waals surface area contributed by atoms with Crippen LogP contribution in [0.3, 0.4) is 0 Å². The number of carbonyl (C=O) groups is 2. The zero-order chi connectivity index (χ0) is 14.8.